The monoisotopic (exact) mass is 428 g/mol. The summed E-state index contributed by atoms with van der Waals surface area (Å²) in [4.78, 5) is 21.0. The maximum atomic E-state index is 13.3. The molecule has 10 heteroatoms. The van der Waals surface area contributed by atoms with Gasteiger partial charge in [-0.1, -0.05) is 31.4 Å². The van der Waals surface area contributed by atoms with Crippen LogP contribution in [0.2, 0.25) is 0 Å². The van der Waals surface area contributed by atoms with Crippen molar-refractivity contribution in [1.29, 1.82) is 0 Å². The summed E-state index contributed by atoms with van der Waals surface area (Å²) >= 11 is 0. The van der Waals surface area contributed by atoms with Gasteiger partial charge in [0, 0.05) is 25.0 Å². The molecular weight excluding hydrogens is 404 g/mol. The number of hydrogen-bond acceptors (Lipinski definition) is 6. The average molecular weight is 429 g/mol. The van der Waals surface area contributed by atoms with Crippen molar-refractivity contribution in [3.8, 4) is 0 Å². The number of aryl methyl sites for hydroxylation is 1. The summed E-state index contributed by atoms with van der Waals surface area (Å²) in [5.74, 6) is -0.370. The van der Waals surface area contributed by atoms with Crippen LogP contribution in [0, 0.1) is 6.92 Å². The molecule has 0 aliphatic heterocycles. The zero-order valence-corrected chi connectivity index (χ0v) is 17.8. The first-order valence-corrected chi connectivity index (χ1v) is 11.4. The molecular formula is C20H24N6O3S. The highest BCUT2D eigenvalue weighted by atomic mass is 32.2. The van der Waals surface area contributed by atoms with E-state index in [1.54, 1.807) is 37.5 Å². The van der Waals surface area contributed by atoms with Gasteiger partial charge >= 0.3 is 0 Å². The second-order valence-corrected chi connectivity index (χ2v) is 9.46. The summed E-state index contributed by atoms with van der Waals surface area (Å²) < 4.78 is 29.5. The fourth-order valence-corrected chi connectivity index (χ4v) is 5.33. The number of para-hydroxylation sites is 1. The Balaban J connectivity index is 1.62. The molecule has 2 heterocycles. The minimum Gasteiger partial charge on any atom is -0.318 e. The molecule has 3 aromatic rings. The molecule has 0 bridgehead atoms. The molecule has 158 valence electrons. The lowest BCUT2D eigenvalue weighted by Gasteiger charge is -2.30. The van der Waals surface area contributed by atoms with E-state index in [1.807, 2.05) is 6.92 Å². The predicted octanol–water partition coefficient (Wildman–Crippen LogP) is 2.64. The molecule has 1 aliphatic rings. The first kappa shape index (κ1) is 20.4. The van der Waals surface area contributed by atoms with Gasteiger partial charge in [0.15, 0.2) is 0 Å². The van der Waals surface area contributed by atoms with Crippen LogP contribution in [0.4, 0.5) is 5.69 Å². The topological polar surface area (TPSA) is 110 Å². The van der Waals surface area contributed by atoms with Crippen molar-refractivity contribution in [3.63, 3.8) is 0 Å². The second kappa shape index (κ2) is 8.11. The van der Waals surface area contributed by atoms with E-state index >= 15 is 0 Å². The quantitative estimate of drug-likeness (QED) is 0.669. The fraction of sp³-hybridized carbons (Fsp3) is 0.400. The Bertz CT molecular complexity index is 1180. The summed E-state index contributed by atoms with van der Waals surface area (Å²) in [5.41, 5.74) is 0.984. The van der Waals surface area contributed by atoms with Crippen molar-refractivity contribution in [1.82, 2.24) is 23.9 Å². The molecule has 2 aromatic heterocycles. The van der Waals surface area contributed by atoms with E-state index in [1.165, 1.54) is 14.9 Å². The van der Waals surface area contributed by atoms with Crippen LogP contribution in [0.5, 0.6) is 0 Å². The van der Waals surface area contributed by atoms with Gasteiger partial charge in [0.05, 0.1) is 5.69 Å². The second-order valence-electron chi connectivity index (χ2n) is 7.50. The first-order valence-electron chi connectivity index (χ1n) is 9.95. The number of amides is 1. The molecule has 1 aromatic carbocycles. The zero-order chi connectivity index (χ0) is 21.3. The van der Waals surface area contributed by atoms with Crippen LogP contribution in [0.3, 0.4) is 0 Å². The number of rotatable bonds is 5. The Kier molecular flexibility index (Phi) is 5.52. The SMILES string of the molecule is Cc1ccnc2nc(C(=O)Nc3ccccc3S(=O)(=O)N(C)C3CCCCC3)nn12. The van der Waals surface area contributed by atoms with Crippen LogP contribution >= 0.6 is 0 Å². The van der Waals surface area contributed by atoms with Gasteiger partial charge in [-0.05, 0) is 38.0 Å². The van der Waals surface area contributed by atoms with Gasteiger partial charge in [0.2, 0.25) is 15.8 Å². The van der Waals surface area contributed by atoms with Gasteiger partial charge in [-0.15, -0.1) is 5.10 Å². The molecule has 1 aliphatic carbocycles. The minimum absolute atomic E-state index is 0.0262. The van der Waals surface area contributed by atoms with Crippen molar-refractivity contribution in [2.24, 2.45) is 0 Å². The van der Waals surface area contributed by atoms with Gasteiger partial charge in [0.1, 0.15) is 4.90 Å². The van der Waals surface area contributed by atoms with Crippen LogP contribution < -0.4 is 5.32 Å². The van der Waals surface area contributed by atoms with Crippen LogP contribution in [-0.2, 0) is 10.0 Å². The summed E-state index contributed by atoms with van der Waals surface area (Å²) in [7, 11) is -2.16. The molecule has 0 saturated heterocycles. The molecule has 0 atom stereocenters. The lowest BCUT2D eigenvalue weighted by atomic mass is 9.96. The van der Waals surface area contributed by atoms with Gasteiger partial charge < -0.3 is 5.32 Å². The van der Waals surface area contributed by atoms with E-state index in [0.717, 1.165) is 37.8 Å². The summed E-state index contributed by atoms with van der Waals surface area (Å²) in [6, 6.07) is 8.13. The highest BCUT2D eigenvalue weighted by molar-refractivity contribution is 7.89. The van der Waals surface area contributed by atoms with E-state index in [9.17, 15) is 13.2 Å². The molecule has 1 saturated carbocycles. The summed E-state index contributed by atoms with van der Waals surface area (Å²) in [5, 5.41) is 6.84. The highest BCUT2D eigenvalue weighted by Gasteiger charge is 2.31. The number of benzene rings is 1. The molecule has 0 spiro atoms. The Morgan fingerprint density at radius 3 is 2.63 bits per heavy atom. The van der Waals surface area contributed by atoms with E-state index in [0.29, 0.717) is 5.78 Å². The number of nitrogens with zero attached hydrogens (tertiary/aromatic N) is 5. The van der Waals surface area contributed by atoms with Crippen LogP contribution in [0.1, 0.15) is 48.4 Å². The highest BCUT2D eigenvalue weighted by Crippen LogP contribution is 2.29. The fourth-order valence-electron chi connectivity index (χ4n) is 3.77. The number of carbonyl (C=O) groups excluding carboxylic acids is 1. The first-order chi connectivity index (χ1) is 14.4. The number of fused-ring (bicyclic) bond motifs is 1. The normalized spacial score (nSPS) is 15.6. The van der Waals surface area contributed by atoms with Crippen LogP contribution in [0.15, 0.2) is 41.4 Å². The Hall–Kier alpha value is -2.85. The van der Waals surface area contributed by atoms with Crippen molar-refractivity contribution < 1.29 is 13.2 Å². The molecule has 1 N–H and O–H groups in total. The molecule has 1 amide bonds. The standard InChI is InChI=1S/C20H24N6O3S/c1-14-12-13-21-20-23-18(24-26(14)20)19(27)22-16-10-6-7-11-17(16)30(28,29)25(2)15-8-4-3-5-9-15/h6-7,10-13,15H,3-5,8-9H2,1-2H3,(H,22,27). The van der Waals surface area contributed by atoms with Gasteiger partial charge in [0.25, 0.3) is 11.7 Å². The van der Waals surface area contributed by atoms with Crippen LogP contribution in [0.25, 0.3) is 5.78 Å². The molecule has 9 nitrogen and oxygen atoms in total. The minimum atomic E-state index is -3.77. The molecule has 30 heavy (non-hydrogen) atoms. The Labute approximate surface area is 175 Å². The third kappa shape index (κ3) is 3.80. The number of sulfonamides is 1. The average Bonchev–Trinajstić information content (AvgIpc) is 3.20. The summed E-state index contributed by atoms with van der Waals surface area (Å²) in [6.45, 7) is 1.83. The third-order valence-corrected chi connectivity index (χ3v) is 7.48. The van der Waals surface area contributed by atoms with Crippen molar-refractivity contribution >= 4 is 27.4 Å². The lowest BCUT2D eigenvalue weighted by molar-refractivity contribution is 0.101. The van der Waals surface area contributed by atoms with Crippen LogP contribution in [-0.4, -0.2) is 51.3 Å². The largest absolute Gasteiger partial charge is 0.318 e. The zero-order valence-electron chi connectivity index (χ0n) is 16.9. The van der Waals surface area contributed by atoms with Crippen molar-refractivity contribution in [3.05, 3.63) is 48.0 Å². The molecule has 0 unspecified atom stereocenters. The van der Waals surface area contributed by atoms with E-state index in [2.05, 4.69) is 20.4 Å². The van der Waals surface area contributed by atoms with E-state index in [-0.39, 0.29) is 22.4 Å². The van der Waals surface area contributed by atoms with Crippen molar-refractivity contribution in [2.75, 3.05) is 12.4 Å². The number of aromatic nitrogens is 4. The van der Waals surface area contributed by atoms with Gasteiger partial charge in [-0.2, -0.15) is 9.29 Å². The number of carbonyl (C=O) groups is 1. The number of anilines is 1. The van der Waals surface area contributed by atoms with E-state index < -0.39 is 15.9 Å². The Morgan fingerprint density at radius 2 is 1.90 bits per heavy atom. The lowest BCUT2D eigenvalue weighted by Crippen LogP contribution is -2.38. The maximum absolute atomic E-state index is 13.3. The molecule has 1 fully saturated rings. The Morgan fingerprint density at radius 1 is 1.17 bits per heavy atom. The van der Waals surface area contributed by atoms with Gasteiger partial charge in [-0.25, -0.2) is 17.9 Å². The third-order valence-electron chi connectivity index (χ3n) is 5.51. The summed E-state index contributed by atoms with van der Waals surface area (Å²) in [6.07, 6.45) is 6.47. The molecule has 0 radical (unpaired) electrons. The predicted molar refractivity (Wildman–Crippen MR) is 112 cm³/mol. The number of nitrogens with one attached hydrogen (secondary N) is 1. The molecule has 4 rings (SSSR count). The maximum Gasteiger partial charge on any atom is 0.295 e. The number of hydrogen-bond donors (Lipinski definition) is 1. The smallest absolute Gasteiger partial charge is 0.295 e. The van der Waals surface area contributed by atoms with Crippen molar-refractivity contribution in [2.45, 2.75) is 50.0 Å². The van der Waals surface area contributed by atoms with E-state index in [4.69, 9.17) is 0 Å². The van der Waals surface area contributed by atoms with Gasteiger partial charge in [-0.3, -0.25) is 4.79 Å².